The van der Waals surface area contributed by atoms with Gasteiger partial charge in [-0.3, -0.25) is 0 Å². The van der Waals surface area contributed by atoms with Crippen molar-refractivity contribution in [2.45, 2.75) is 32.6 Å². The summed E-state index contributed by atoms with van der Waals surface area (Å²) in [5.74, 6) is -1.29. The number of nitrogens with zero attached hydrogens (tertiary/aromatic N) is 3. The monoisotopic (exact) mass is 423 g/mol. The fourth-order valence-electron chi connectivity index (χ4n) is 2.78. The summed E-state index contributed by atoms with van der Waals surface area (Å²) < 4.78 is 5.09. The van der Waals surface area contributed by atoms with Gasteiger partial charge in [-0.05, 0) is 74.7 Å². The number of carbonyl (C=O) groups excluding carboxylic acids is 1. The number of ether oxygens (including phenoxy) is 1. The van der Waals surface area contributed by atoms with Crippen LogP contribution < -0.4 is 4.90 Å². The fourth-order valence-corrected chi connectivity index (χ4v) is 2.78. The zero-order valence-corrected chi connectivity index (χ0v) is 18.1. The van der Waals surface area contributed by atoms with Crippen LogP contribution in [0.4, 0.5) is 17.1 Å². The summed E-state index contributed by atoms with van der Waals surface area (Å²) in [6.07, 6.45) is 4.01. The molecule has 1 N–H and O–H groups in total. The Hall–Kier alpha value is -3.48. The first-order valence-electron chi connectivity index (χ1n) is 10.3. The summed E-state index contributed by atoms with van der Waals surface area (Å²) in [4.78, 5) is 24.3. The lowest BCUT2D eigenvalue weighted by molar-refractivity contribution is -0.139. The normalized spacial score (nSPS) is 10.8. The summed E-state index contributed by atoms with van der Waals surface area (Å²) in [7, 11) is 2.05. The molecule has 2 aromatic rings. The average molecular weight is 424 g/mol. The molecule has 31 heavy (non-hydrogen) atoms. The Morgan fingerprint density at radius 3 is 2.03 bits per heavy atom. The van der Waals surface area contributed by atoms with Crippen LogP contribution in [0.15, 0.2) is 70.9 Å². The van der Waals surface area contributed by atoms with Crippen LogP contribution in [0.25, 0.3) is 0 Å². The van der Waals surface area contributed by atoms with Crippen molar-refractivity contribution in [2.75, 3.05) is 25.1 Å². The van der Waals surface area contributed by atoms with E-state index in [0.717, 1.165) is 43.6 Å². The second-order valence-electron chi connectivity index (χ2n) is 7.32. The molecule has 164 valence electrons. The predicted octanol–water partition coefficient (Wildman–Crippen LogP) is 5.92. The summed E-state index contributed by atoms with van der Waals surface area (Å²) in [5, 5.41) is 17.3. The molecule has 0 saturated carbocycles. The summed E-state index contributed by atoms with van der Waals surface area (Å²) >= 11 is 0. The molecular weight excluding hydrogens is 394 g/mol. The Morgan fingerprint density at radius 2 is 1.48 bits per heavy atom. The second-order valence-corrected chi connectivity index (χ2v) is 7.32. The van der Waals surface area contributed by atoms with E-state index in [9.17, 15) is 9.59 Å². The number of hydrogen-bond acceptors (Lipinski definition) is 6. The molecule has 0 aromatic heterocycles. The van der Waals surface area contributed by atoms with E-state index in [1.54, 1.807) is 19.1 Å². The number of carboxylic acid groups (broad SMARTS) is 1. The number of azo groups is 1. The van der Waals surface area contributed by atoms with E-state index in [1.807, 2.05) is 24.3 Å². The average Bonchev–Trinajstić information content (AvgIpc) is 2.77. The molecule has 2 aromatic carbocycles. The lowest BCUT2D eigenvalue weighted by atomic mass is 10.2. The number of rotatable bonds is 12. The maximum absolute atomic E-state index is 11.3. The molecule has 0 radical (unpaired) electrons. The Morgan fingerprint density at radius 1 is 0.935 bits per heavy atom. The Labute approximate surface area is 183 Å². The SMILES string of the molecule is C=C(C)C(=O)OCCCCCCN(C)c1ccc(N=Nc2ccc(C(=O)O)cc2)cc1. The molecule has 0 heterocycles. The van der Waals surface area contributed by atoms with Gasteiger partial charge in [0.25, 0.3) is 0 Å². The van der Waals surface area contributed by atoms with E-state index in [4.69, 9.17) is 9.84 Å². The van der Waals surface area contributed by atoms with Crippen LogP contribution in [0.3, 0.4) is 0 Å². The smallest absolute Gasteiger partial charge is 0.335 e. The van der Waals surface area contributed by atoms with Crippen LogP contribution in [0.2, 0.25) is 0 Å². The fraction of sp³-hybridized carbons (Fsp3) is 0.333. The van der Waals surface area contributed by atoms with Gasteiger partial charge in [0.2, 0.25) is 0 Å². The Kier molecular flexibility index (Phi) is 9.42. The van der Waals surface area contributed by atoms with E-state index < -0.39 is 5.97 Å². The molecule has 2 rings (SSSR count). The first-order chi connectivity index (χ1) is 14.9. The first-order valence-corrected chi connectivity index (χ1v) is 10.3. The standard InChI is InChI=1S/C24H29N3O4/c1-18(2)24(30)31-17-7-5-4-6-16-27(3)22-14-12-21(13-15-22)26-25-20-10-8-19(9-11-20)23(28)29/h8-15H,1,4-7,16-17H2,2-3H3,(H,28,29). The van der Waals surface area contributed by atoms with Crippen LogP contribution in [0.1, 0.15) is 43.0 Å². The van der Waals surface area contributed by atoms with Gasteiger partial charge in [-0.25, -0.2) is 9.59 Å². The van der Waals surface area contributed by atoms with Crippen molar-refractivity contribution in [2.24, 2.45) is 10.2 Å². The lowest BCUT2D eigenvalue weighted by Crippen LogP contribution is -2.18. The van der Waals surface area contributed by atoms with Crippen LogP contribution in [-0.2, 0) is 9.53 Å². The highest BCUT2D eigenvalue weighted by Crippen LogP contribution is 2.22. The minimum atomic E-state index is -0.965. The van der Waals surface area contributed by atoms with Crippen molar-refractivity contribution < 1.29 is 19.4 Å². The third-order valence-corrected chi connectivity index (χ3v) is 4.66. The summed E-state index contributed by atoms with van der Waals surface area (Å²) in [6.45, 7) is 6.59. The van der Waals surface area contributed by atoms with E-state index in [-0.39, 0.29) is 11.5 Å². The molecular formula is C24H29N3O4. The summed E-state index contributed by atoms with van der Waals surface area (Å²) in [5.41, 5.74) is 3.07. The molecule has 0 atom stereocenters. The van der Waals surface area contributed by atoms with Gasteiger partial charge in [0.1, 0.15) is 0 Å². The largest absolute Gasteiger partial charge is 0.478 e. The lowest BCUT2D eigenvalue weighted by Gasteiger charge is -2.19. The van der Waals surface area contributed by atoms with E-state index >= 15 is 0 Å². The predicted molar refractivity (Wildman–Crippen MR) is 122 cm³/mol. The molecule has 0 bridgehead atoms. The van der Waals surface area contributed by atoms with Gasteiger partial charge in [-0.1, -0.05) is 13.0 Å². The molecule has 7 heteroatoms. The molecule has 0 fully saturated rings. The molecule has 0 aliphatic carbocycles. The van der Waals surface area contributed by atoms with Gasteiger partial charge in [0.05, 0.1) is 23.5 Å². The molecule has 0 aliphatic rings. The first kappa shape index (κ1) is 23.8. The molecule has 0 unspecified atom stereocenters. The maximum atomic E-state index is 11.3. The third kappa shape index (κ3) is 8.42. The number of carbonyl (C=O) groups is 2. The van der Waals surface area contributed by atoms with Crippen LogP contribution in [0.5, 0.6) is 0 Å². The topological polar surface area (TPSA) is 91.6 Å². The molecule has 0 spiro atoms. The van der Waals surface area contributed by atoms with E-state index in [1.165, 1.54) is 12.1 Å². The number of anilines is 1. The highest BCUT2D eigenvalue weighted by molar-refractivity contribution is 5.88. The van der Waals surface area contributed by atoms with Gasteiger partial charge < -0.3 is 14.7 Å². The molecule has 7 nitrogen and oxygen atoms in total. The maximum Gasteiger partial charge on any atom is 0.335 e. The van der Waals surface area contributed by atoms with E-state index in [2.05, 4.69) is 28.8 Å². The van der Waals surface area contributed by atoms with Gasteiger partial charge in [0, 0.05) is 24.9 Å². The van der Waals surface area contributed by atoms with Crippen molar-refractivity contribution >= 4 is 29.0 Å². The number of unbranched alkanes of at least 4 members (excludes halogenated alkanes) is 3. The second kappa shape index (κ2) is 12.3. The number of esters is 1. The number of hydrogen-bond donors (Lipinski definition) is 1. The molecule has 0 amide bonds. The van der Waals surface area contributed by atoms with Crippen LogP contribution in [0, 0.1) is 0 Å². The zero-order chi connectivity index (χ0) is 22.6. The Bertz CT molecular complexity index is 905. The van der Waals surface area contributed by atoms with Crippen molar-refractivity contribution in [3.8, 4) is 0 Å². The highest BCUT2D eigenvalue weighted by Gasteiger charge is 2.04. The summed E-state index contributed by atoms with van der Waals surface area (Å²) in [6, 6.07) is 14.1. The highest BCUT2D eigenvalue weighted by atomic mass is 16.5. The van der Waals surface area contributed by atoms with Crippen LogP contribution in [-0.4, -0.2) is 37.2 Å². The minimum Gasteiger partial charge on any atom is -0.478 e. The molecule has 0 saturated heterocycles. The van der Waals surface area contributed by atoms with Gasteiger partial charge >= 0.3 is 11.9 Å². The zero-order valence-electron chi connectivity index (χ0n) is 18.1. The van der Waals surface area contributed by atoms with Crippen molar-refractivity contribution in [3.63, 3.8) is 0 Å². The van der Waals surface area contributed by atoms with Gasteiger partial charge in [-0.15, -0.1) is 0 Å². The van der Waals surface area contributed by atoms with Crippen molar-refractivity contribution in [3.05, 3.63) is 66.2 Å². The minimum absolute atomic E-state index is 0.220. The third-order valence-electron chi connectivity index (χ3n) is 4.66. The van der Waals surface area contributed by atoms with Crippen molar-refractivity contribution in [1.82, 2.24) is 0 Å². The van der Waals surface area contributed by atoms with Gasteiger partial charge in [0.15, 0.2) is 0 Å². The van der Waals surface area contributed by atoms with Crippen molar-refractivity contribution in [1.29, 1.82) is 0 Å². The van der Waals surface area contributed by atoms with Gasteiger partial charge in [-0.2, -0.15) is 10.2 Å². The van der Waals surface area contributed by atoms with E-state index in [0.29, 0.717) is 17.9 Å². The quantitative estimate of drug-likeness (QED) is 0.198. The number of aromatic carboxylic acids is 1. The number of carboxylic acids is 1. The molecule has 0 aliphatic heterocycles. The van der Waals surface area contributed by atoms with Crippen LogP contribution >= 0.6 is 0 Å². The Balaban J connectivity index is 1.71. The number of benzene rings is 2.